The van der Waals surface area contributed by atoms with Crippen molar-refractivity contribution in [1.82, 2.24) is 10.3 Å². The molecular weight excluding hydrogens is 302 g/mol. The molecule has 1 aromatic carbocycles. The number of aryl methyl sites for hydroxylation is 1. The fraction of sp³-hybridized carbons (Fsp3) is 0.200. The standard InChI is InChI=1S/C15H15N3O3S/c1-11-10-22-15(17-11)8-9-16-14(19)7-4-12-2-5-13(6-3-12)18(20)21/h2-7,10H,8-9H2,1H3,(H,16,19)/b7-4+. The number of benzene rings is 1. The highest BCUT2D eigenvalue weighted by molar-refractivity contribution is 7.09. The predicted octanol–water partition coefficient (Wildman–Crippen LogP) is 2.73. The van der Waals surface area contributed by atoms with Crippen molar-refractivity contribution in [1.29, 1.82) is 0 Å². The van der Waals surface area contributed by atoms with Crippen molar-refractivity contribution in [3.8, 4) is 0 Å². The Morgan fingerprint density at radius 2 is 2.14 bits per heavy atom. The van der Waals surface area contributed by atoms with Crippen LogP contribution in [0.1, 0.15) is 16.3 Å². The normalized spacial score (nSPS) is 10.8. The number of rotatable bonds is 6. The van der Waals surface area contributed by atoms with Gasteiger partial charge >= 0.3 is 0 Å². The van der Waals surface area contributed by atoms with Gasteiger partial charge in [-0.15, -0.1) is 11.3 Å². The van der Waals surface area contributed by atoms with Gasteiger partial charge in [0.1, 0.15) is 0 Å². The zero-order valence-corrected chi connectivity index (χ0v) is 12.8. The Kier molecular flexibility index (Phi) is 5.37. The molecule has 0 spiro atoms. The summed E-state index contributed by atoms with van der Waals surface area (Å²) in [5.41, 5.74) is 1.75. The van der Waals surface area contributed by atoms with E-state index in [1.807, 2.05) is 12.3 Å². The first-order valence-electron chi connectivity index (χ1n) is 6.66. The number of thiazole rings is 1. The summed E-state index contributed by atoms with van der Waals surface area (Å²) in [6.45, 7) is 2.46. The van der Waals surface area contributed by atoms with Crippen LogP contribution in [0.15, 0.2) is 35.7 Å². The summed E-state index contributed by atoms with van der Waals surface area (Å²) in [6.07, 6.45) is 3.73. The Morgan fingerprint density at radius 3 is 2.73 bits per heavy atom. The fourth-order valence-corrected chi connectivity index (χ4v) is 2.52. The third-order valence-electron chi connectivity index (χ3n) is 2.84. The van der Waals surface area contributed by atoms with Gasteiger partial charge in [-0.2, -0.15) is 0 Å². The summed E-state index contributed by atoms with van der Waals surface area (Å²) < 4.78 is 0. The highest BCUT2D eigenvalue weighted by Crippen LogP contribution is 2.12. The van der Waals surface area contributed by atoms with E-state index >= 15 is 0 Å². The lowest BCUT2D eigenvalue weighted by Gasteiger charge is -1.99. The van der Waals surface area contributed by atoms with Crippen LogP contribution in [0.4, 0.5) is 5.69 Å². The maximum atomic E-state index is 11.7. The first kappa shape index (κ1) is 15.8. The summed E-state index contributed by atoms with van der Waals surface area (Å²) in [5, 5.41) is 16.3. The van der Waals surface area contributed by atoms with Crippen molar-refractivity contribution in [2.24, 2.45) is 0 Å². The average molecular weight is 317 g/mol. The molecule has 0 aliphatic rings. The van der Waals surface area contributed by atoms with Gasteiger partial charge in [-0.25, -0.2) is 4.98 Å². The van der Waals surface area contributed by atoms with E-state index in [2.05, 4.69) is 10.3 Å². The molecule has 0 atom stereocenters. The van der Waals surface area contributed by atoms with E-state index in [1.54, 1.807) is 29.5 Å². The third kappa shape index (κ3) is 4.78. The van der Waals surface area contributed by atoms with Gasteiger partial charge in [-0.05, 0) is 30.7 Å². The van der Waals surface area contributed by atoms with Crippen molar-refractivity contribution in [2.75, 3.05) is 6.54 Å². The second kappa shape index (κ2) is 7.46. The van der Waals surface area contributed by atoms with Crippen molar-refractivity contribution in [2.45, 2.75) is 13.3 Å². The van der Waals surface area contributed by atoms with Gasteiger partial charge in [-0.1, -0.05) is 0 Å². The minimum atomic E-state index is -0.458. The highest BCUT2D eigenvalue weighted by Gasteiger charge is 2.03. The molecule has 7 heteroatoms. The Hall–Kier alpha value is -2.54. The number of hydrogen-bond acceptors (Lipinski definition) is 5. The molecule has 1 heterocycles. The van der Waals surface area contributed by atoms with Gasteiger partial charge in [0, 0.05) is 42.2 Å². The van der Waals surface area contributed by atoms with Gasteiger partial charge in [0.2, 0.25) is 5.91 Å². The van der Waals surface area contributed by atoms with Gasteiger partial charge in [-0.3, -0.25) is 14.9 Å². The smallest absolute Gasteiger partial charge is 0.269 e. The van der Waals surface area contributed by atoms with E-state index in [9.17, 15) is 14.9 Å². The van der Waals surface area contributed by atoms with Crippen molar-refractivity contribution >= 4 is 29.0 Å². The SMILES string of the molecule is Cc1csc(CCNC(=O)/C=C/c2ccc([N+](=O)[O-])cc2)n1. The predicted molar refractivity (Wildman–Crippen MR) is 85.7 cm³/mol. The van der Waals surface area contributed by atoms with Crippen LogP contribution < -0.4 is 5.32 Å². The molecule has 2 aromatic rings. The minimum Gasteiger partial charge on any atom is -0.352 e. The summed E-state index contributed by atoms with van der Waals surface area (Å²) in [5.74, 6) is -0.202. The van der Waals surface area contributed by atoms with Crippen LogP contribution in [0, 0.1) is 17.0 Å². The van der Waals surface area contributed by atoms with E-state index in [1.165, 1.54) is 18.2 Å². The summed E-state index contributed by atoms with van der Waals surface area (Å²) >= 11 is 1.58. The number of hydrogen-bond donors (Lipinski definition) is 1. The second-order valence-electron chi connectivity index (χ2n) is 4.61. The molecule has 0 bridgehead atoms. The van der Waals surface area contributed by atoms with Gasteiger partial charge in [0.05, 0.1) is 9.93 Å². The third-order valence-corrected chi connectivity index (χ3v) is 3.86. The largest absolute Gasteiger partial charge is 0.352 e. The number of nitro groups is 1. The highest BCUT2D eigenvalue weighted by atomic mass is 32.1. The number of non-ortho nitro benzene ring substituents is 1. The molecule has 1 amide bonds. The average Bonchev–Trinajstić information content (AvgIpc) is 2.91. The van der Waals surface area contributed by atoms with Gasteiger partial charge < -0.3 is 5.32 Å². The van der Waals surface area contributed by atoms with Crippen molar-refractivity contribution in [3.05, 3.63) is 62.1 Å². The molecule has 0 aliphatic heterocycles. The van der Waals surface area contributed by atoms with E-state index in [-0.39, 0.29) is 11.6 Å². The van der Waals surface area contributed by atoms with E-state index in [4.69, 9.17) is 0 Å². The Bertz CT molecular complexity index is 692. The van der Waals surface area contributed by atoms with Crippen LogP contribution in [-0.2, 0) is 11.2 Å². The lowest BCUT2D eigenvalue weighted by molar-refractivity contribution is -0.384. The minimum absolute atomic E-state index is 0.0281. The van der Waals surface area contributed by atoms with Crippen molar-refractivity contribution < 1.29 is 9.72 Å². The Balaban J connectivity index is 1.79. The molecular formula is C15H15N3O3S. The van der Waals surface area contributed by atoms with Gasteiger partial charge in [0.15, 0.2) is 0 Å². The number of carbonyl (C=O) groups excluding carboxylic acids is 1. The maximum Gasteiger partial charge on any atom is 0.269 e. The second-order valence-corrected chi connectivity index (χ2v) is 5.55. The van der Waals surface area contributed by atoms with Crippen LogP contribution in [-0.4, -0.2) is 22.4 Å². The molecule has 0 unspecified atom stereocenters. The van der Waals surface area contributed by atoms with E-state index < -0.39 is 4.92 Å². The van der Waals surface area contributed by atoms with Crippen LogP contribution in [0.25, 0.3) is 6.08 Å². The number of nitrogens with one attached hydrogen (secondary N) is 1. The summed E-state index contributed by atoms with van der Waals surface area (Å²) in [7, 11) is 0. The van der Waals surface area contributed by atoms with Crippen LogP contribution in [0.5, 0.6) is 0 Å². The van der Waals surface area contributed by atoms with Crippen molar-refractivity contribution in [3.63, 3.8) is 0 Å². The monoisotopic (exact) mass is 317 g/mol. The zero-order valence-electron chi connectivity index (χ0n) is 12.0. The number of nitro benzene ring substituents is 1. The number of carbonyl (C=O) groups is 1. The van der Waals surface area contributed by atoms with Crippen LogP contribution in [0.3, 0.4) is 0 Å². The lowest BCUT2D eigenvalue weighted by Crippen LogP contribution is -2.23. The summed E-state index contributed by atoms with van der Waals surface area (Å²) in [6, 6.07) is 6.01. The van der Waals surface area contributed by atoms with Crippen LogP contribution >= 0.6 is 11.3 Å². The number of amides is 1. The lowest BCUT2D eigenvalue weighted by atomic mass is 10.2. The van der Waals surface area contributed by atoms with Gasteiger partial charge in [0.25, 0.3) is 5.69 Å². The first-order chi connectivity index (χ1) is 10.5. The molecule has 1 aromatic heterocycles. The molecule has 1 N–H and O–H groups in total. The molecule has 114 valence electrons. The van der Waals surface area contributed by atoms with E-state index in [0.29, 0.717) is 13.0 Å². The summed E-state index contributed by atoms with van der Waals surface area (Å²) in [4.78, 5) is 26.1. The molecule has 0 aliphatic carbocycles. The molecule has 2 rings (SSSR count). The van der Waals surface area contributed by atoms with Crippen LogP contribution in [0.2, 0.25) is 0 Å². The quantitative estimate of drug-likeness (QED) is 0.504. The Morgan fingerprint density at radius 1 is 1.41 bits per heavy atom. The molecule has 0 radical (unpaired) electrons. The fourth-order valence-electron chi connectivity index (χ4n) is 1.75. The molecule has 0 fully saturated rings. The molecule has 0 saturated carbocycles. The zero-order chi connectivity index (χ0) is 15.9. The molecule has 0 saturated heterocycles. The topological polar surface area (TPSA) is 85.1 Å². The molecule has 6 nitrogen and oxygen atoms in total. The maximum absolute atomic E-state index is 11.7. The first-order valence-corrected chi connectivity index (χ1v) is 7.54. The Labute approximate surface area is 131 Å². The number of nitrogens with zero attached hydrogens (tertiary/aromatic N) is 2. The molecule has 22 heavy (non-hydrogen) atoms. The van der Waals surface area contributed by atoms with E-state index in [0.717, 1.165) is 16.3 Å². The number of aromatic nitrogens is 1.